The van der Waals surface area contributed by atoms with Gasteiger partial charge in [-0.25, -0.2) is 0 Å². The topological polar surface area (TPSA) is 49.3 Å². The molecule has 0 saturated carbocycles. The van der Waals surface area contributed by atoms with Gasteiger partial charge in [0, 0.05) is 57.5 Å². The fraction of sp³-hybridized carbons (Fsp3) is 0.346. The Kier molecular flexibility index (Phi) is 7.05. The first kappa shape index (κ1) is 21.2. The average molecular weight is 415 g/mol. The van der Waals surface area contributed by atoms with Gasteiger partial charge in [-0.05, 0) is 53.3 Å². The van der Waals surface area contributed by atoms with Crippen molar-refractivity contribution in [3.8, 4) is 11.1 Å². The van der Waals surface area contributed by atoms with Crippen LogP contribution in [0.15, 0.2) is 73.3 Å². The molecule has 5 nitrogen and oxygen atoms in total. The minimum atomic E-state index is -0.0277. The number of hydrogen-bond acceptors (Lipinski definition) is 4. The maximum Gasteiger partial charge on any atom is 0.227 e. The molecule has 1 saturated heterocycles. The van der Waals surface area contributed by atoms with Crippen molar-refractivity contribution < 1.29 is 4.79 Å². The van der Waals surface area contributed by atoms with Gasteiger partial charge in [0.1, 0.15) is 0 Å². The lowest BCUT2D eigenvalue weighted by molar-refractivity contribution is -0.134. The molecule has 1 atom stereocenters. The van der Waals surface area contributed by atoms with Crippen LogP contribution in [0.1, 0.15) is 24.5 Å². The molecule has 160 valence electrons. The smallest absolute Gasteiger partial charge is 0.227 e. The Bertz CT molecular complexity index is 960. The van der Waals surface area contributed by atoms with Crippen molar-refractivity contribution in [1.82, 2.24) is 19.8 Å². The van der Waals surface area contributed by atoms with E-state index in [1.165, 1.54) is 11.1 Å². The number of pyridine rings is 2. The van der Waals surface area contributed by atoms with Crippen LogP contribution < -0.4 is 0 Å². The van der Waals surface area contributed by atoms with Crippen LogP contribution in [0.4, 0.5) is 0 Å². The van der Waals surface area contributed by atoms with Crippen LogP contribution in [0.2, 0.25) is 0 Å². The van der Waals surface area contributed by atoms with Gasteiger partial charge in [0.2, 0.25) is 5.91 Å². The van der Waals surface area contributed by atoms with E-state index in [-0.39, 0.29) is 11.8 Å². The van der Waals surface area contributed by atoms with Gasteiger partial charge in [0.25, 0.3) is 0 Å². The summed E-state index contributed by atoms with van der Waals surface area (Å²) in [5.41, 5.74) is 4.70. The summed E-state index contributed by atoms with van der Waals surface area (Å²) in [7, 11) is 0. The third-order valence-electron chi connectivity index (χ3n) is 5.91. The van der Waals surface area contributed by atoms with E-state index in [0.29, 0.717) is 0 Å². The normalized spacial score (nSPS) is 17.5. The molecule has 0 bridgehead atoms. The second-order valence-electron chi connectivity index (χ2n) is 8.26. The molecule has 1 fully saturated rings. The maximum atomic E-state index is 13.3. The highest BCUT2D eigenvalue weighted by Gasteiger charge is 2.30. The predicted molar refractivity (Wildman–Crippen MR) is 123 cm³/mol. The summed E-state index contributed by atoms with van der Waals surface area (Å²) in [4.78, 5) is 26.1. The SMILES string of the molecule is CCCN1CCN(Cc2ccncc2)CC(Cc2ccc(-c3cccnc3)cc2)C1=O. The molecule has 0 spiro atoms. The van der Waals surface area contributed by atoms with Gasteiger partial charge in [-0.15, -0.1) is 0 Å². The minimum Gasteiger partial charge on any atom is -0.341 e. The number of carbonyl (C=O) groups is 1. The summed E-state index contributed by atoms with van der Waals surface area (Å²) in [6.07, 6.45) is 9.09. The zero-order valence-corrected chi connectivity index (χ0v) is 18.2. The van der Waals surface area contributed by atoms with Crippen LogP contribution in [0.25, 0.3) is 11.1 Å². The number of amides is 1. The van der Waals surface area contributed by atoms with Crippen molar-refractivity contribution in [2.45, 2.75) is 26.3 Å². The highest BCUT2D eigenvalue weighted by molar-refractivity contribution is 5.79. The highest BCUT2D eigenvalue weighted by Crippen LogP contribution is 2.22. The molecular formula is C26H30N4O. The lowest BCUT2D eigenvalue weighted by atomic mass is 9.95. The first-order chi connectivity index (χ1) is 15.2. The van der Waals surface area contributed by atoms with Crippen molar-refractivity contribution in [2.24, 2.45) is 5.92 Å². The van der Waals surface area contributed by atoms with Crippen LogP contribution in [0.3, 0.4) is 0 Å². The lowest BCUT2D eigenvalue weighted by Crippen LogP contribution is -2.37. The van der Waals surface area contributed by atoms with Crippen molar-refractivity contribution in [2.75, 3.05) is 26.2 Å². The number of nitrogens with zero attached hydrogens (tertiary/aromatic N) is 4. The van der Waals surface area contributed by atoms with Gasteiger partial charge in [-0.3, -0.25) is 19.7 Å². The van der Waals surface area contributed by atoms with Gasteiger partial charge in [-0.2, -0.15) is 0 Å². The van der Waals surface area contributed by atoms with E-state index in [1.54, 1.807) is 6.20 Å². The zero-order valence-electron chi connectivity index (χ0n) is 18.2. The molecule has 2 aromatic heterocycles. The molecule has 1 aliphatic heterocycles. The van der Waals surface area contributed by atoms with Crippen molar-refractivity contribution in [1.29, 1.82) is 0 Å². The molecule has 31 heavy (non-hydrogen) atoms. The Balaban J connectivity index is 1.49. The number of carbonyl (C=O) groups excluding carboxylic acids is 1. The van der Waals surface area contributed by atoms with E-state index in [9.17, 15) is 4.79 Å². The molecule has 1 aromatic carbocycles. The monoisotopic (exact) mass is 414 g/mol. The summed E-state index contributed by atoms with van der Waals surface area (Å²) in [5, 5.41) is 0. The quantitative estimate of drug-likeness (QED) is 0.585. The number of hydrogen-bond donors (Lipinski definition) is 0. The standard InChI is InChI=1S/C26H30N4O/c1-2-14-30-16-15-29(19-22-9-12-27-13-10-22)20-25(26(30)31)17-21-5-7-23(8-6-21)24-4-3-11-28-18-24/h3-13,18,25H,2,14-17,19-20H2,1H3. The third-order valence-corrected chi connectivity index (χ3v) is 5.91. The van der Waals surface area contributed by atoms with Crippen LogP contribution in [0.5, 0.6) is 0 Å². The van der Waals surface area contributed by atoms with E-state index < -0.39 is 0 Å². The summed E-state index contributed by atoms with van der Waals surface area (Å²) < 4.78 is 0. The molecule has 1 unspecified atom stereocenters. The summed E-state index contributed by atoms with van der Waals surface area (Å²) in [6, 6.07) is 16.7. The van der Waals surface area contributed by atoms with Crippen molar-refractivity contribution in [3.63, 3.8) is 0 Å². The predicted octanol–water partition coefficient (Wildman–Crippen LogP) is 4.06. The van der Waals surface area contributed by atoms with E-state index in [1.807, 2.05) is 24.7 Å². The van der Waals surface area contributed by atoms with E-state index in [4.69, 9.17) is 0 Å². The highest BCUT2D eigenvalue weighted by atomic mass is 16.2. The molecule has 5 heteroatoms. The van der Waals surface area contributed by atoms with Crippen LogP contribution in [0, 0.1) is 5.92 Å². The first-order valence-electron chi connectivity index (χ1n) is 11.1. The summed E-state index contributed by atoms with van der Waals surface area (Å²) >= 11 is 0. The second kappa shape index (κ2) is 10.3. The first-order valence-corrected chi connectivity index (χ1v) is 11.1. The molecule has 4 rings (SSSR count). The molecular weight excluding hydrogens is 384 g/mol. The zero-order chi connectivity index (χ0) is 21.5. The largest absolute Gasteiger partial charge is 0.341 e. The van der Waals surface area contributed by atoms with Crippen LogP contribution >= 0.6 is 0 Å². The van der Waals surface area contributed by atoms with Gasteiger partial charge in [0.05, 0.1) is 5.92 Å². The fourth-order valence-electron chi connectivity index (χ4n) is 4.30. The molecule has 0 aliphatic carbocycles. The molecule has 3 aromatic rings. The minimum absolute atomic E-state index is 0.0277. The van der Waals surface area contributed by atoms with Gasteiger partial charge < -0.3 is 4.90 Å². The Morgan fingerprint density at radius 2 is 1.71 bits per heavy atom. The lowest BCUT2D eigenvalue weighted by Gasteiger charge is -2.24. The number of benzene rings is 1. The second-order valence-corrected chi connectivity index (χ2v) is 8.26. The summed E-state index contributed by atoms with van der Waals surface area (Å²) in [5.74, 6) is 0.260. The summed E-state index contributed by atoms with van der Waals surface area (Å²) in [6.45, 7) is 6.31. The maximum absolute atomic E-state index is 13.3. The fourth-order valence-corrected chi connectivity index (χ4v) is 4.30. The van der Waals surface area contributed by atoms with Gasteiger partial charge in [0.15, 0.2) is 0 Å². The average Bonchev–Trinajstić information content (AvgIpc) is 2.95. The van der Waals surface area contributed by atoms with Gasteiger partial charge in [-0.1, -0.05) is 37.3 Å². The molecule has 3 heterocycles. The van der Waals surface area contributed by atoms with Crippen LogP contribution in [-0.4, -0.2) is 51.9 Å². The Morgan fingerprint density at radius 1 is 0.903 bits per heavy atom. The molecule has 1 aliphatic rings. The van der Waals surface area contributed by atoms with Crippen LogP contribution in [-0.2, 0) is 17.8 Å². The van der Waals surface area contributed by atoms with E-state index >= 15 is 0 Å². The number of rotatable bonds is 7. The Labute approximate surface area is 184 Å². The Hall–Kier alpha value is -3.05. The van der Waals surface area contributed by atoms with Gasteiger partial charge >= 0.3 is 0 Å². The number of aromatic nitrogens is 2. The van der Waals surface area contributed by atoms with E-state index in [0.717, 1.165) is 56.7 Å². The van der Waals surface area contributed by atoms with Crippen molar-refractivity contribution in [3.05, 3.63) is 84.4 Å². The Morgan fingerprint density at radius 3 is 2.42 bits per heavy atom. The molecule has 0 N–H and O–H groups in total. The van der Waals surface area contributed by atoms with E-state index in [2.05, 4.69) is 69.2 Å². The molecule has 1 amide bonds. The van der Waals surface area contributed by atoms with Crippen molar-refractivity contribution >= 4 is 5.91 Å². The molecule has 0 radical (unpaired) electrons. The third kappa shape index (κ3) is 5.56.